The van der Waals surface area contributed by atoms with Crippen molar-refractivity contribution in [2.45, 2.75) is 13.3 Å². The largest absolute Gasteiger partial charge is 0.383 e. The number of aromatic nitrogens is 2. The summed E-state index contributed by atoms with van der Waals surface area (Å²) >= 11 is 2.17. The Bertz CT molecular complexity index is 1080. The van der Waals surface area contributed by atoms with E-state index < -0.39 is 5.95 Å². The van der Waals surface area contributed by atoms with Gasteiger partial charge in [-0.25, -0.2) is 4.98 Å². The van der Waals surface area contributed by atoms with Crippen molar-refractivity contribution in [1.29, 1.82) is 0 Å². The van der Waals surface area contributed by atoms with E-state index in [9.17, 15) is 9.18 Å². The predicted molar refractivity (Wildman–Crippen MR) is 111 cm³/mol. The van der Waals surface area contributed by atoms with E-state index in [-0.39, 0.29) is 11.7 Å². The van der Waals surface area contributed by atoms with E-state index in [0.717, 1.165) is 26.8 Å². The Labute approximate surface area is 169 Å². The lowest BCUT2D eigenvalue weighted by Crippen LogP contribution is -2.31. The molecule has 136 valence electrons. The van der Waals surface area contributed by atoms with Gasteiger partial charge in [-0.15, -0.1) is 0 Å². The molecule has 0 unspecified atom stereocenters. The Morgan fingerprint density at radius 1 is 1.15 bits per heavy atom. The minimum absolute atomic E-state index is 0.0705. The number of hydrogen-bond donors (Lipinski definition) is 2. The Balaban J connectivity index is 1.90. The number of fused-ring (bicyclic) bond motifs is 1. The van der Waals surface area contributed by atoms with Crippen molar-refractivity contribution in [3.05, 3.63) is 62.9 Å². The van der Waals surface area contributed by atoms with Crippen molar-refractivity contribution in [2.75, 3.05) is 12.3 Å². The van der Waals surface area contributed by atoms with Crippen LogP contribution in [0.15, 0.2) is 36.5 Å². The van der Waals surface area contributed by atoms with E-state index in [1.165, 1.54) is 0 Å². The molecule has 7 heteroatoms. The van der Waals surface area contributed by atoms with Crippen LogP contribution in [-0.2, 0) is 6.42 Å². The smallest absolute Gasteiger partial charge is 0.251 e. The number of nitrogen functional groups attached to an aromatic ring is 1. The van der Waals surface area contributed by atoms with Crippen LogP contribution >= 0.6 is 22.6 Å². The third kappa shape index (κ3) is 3.27. The highest BCUT2D eigenvalue weighted by Crippen LogP contribution is 2.36. The van der Waals surface area contributed by atoms with E-state index in [1.54, 1.807) is 18.3 Å². The second-order valence-corrected chi connectivity index (χ2v) is 7.60. The van der Waals surface area contributed by atoms with Crippen LogP contribution < -0.4 is 11.1 Å². The number of aryl methyl sites for hydroxylation is 1. The lowest BCUT2D eigenvalue weighted by atomic mass is 9.94. The molecule has 0 aliphatic carbocycles. The van der Waals surface area contributed by atoms with Gasteiger partial charge in [0.05, 0.1) is 0 Å². The van der Waals surface area contributed by atoms with Gasteiger partial charge in [0, 0.05) is 38.7 Å². The van der Waals surface area contributed by atoms with Crippen LogP contribution in [-0.4, -0.2) is 22.4 Å². The quantitative estimate of drug-likeness (QED) is 0.438. The summed E-state index contributed by atoms with van der Waals surface area (Å²) in [5.74, 6) is -0.562. The third-order valence-corrected chi connectivity index (χ3v) is 5.51. The molecule has 1 aliphatic heterocycles. The number of carbonyl (C=O) groups is 1. The van der Waals surface area contributed by atoms with Crippen molar-refractivity contribution in [3.63, 3.8) is 0 Å². The number of pyridine rings is 2. The predicted octanol–water partition coefficient (Wildman–Crippen LogP) is 3.73. The molecule has 0 fully saturated rings. The van der Waals surface area contributed by atoms with E-state index >= 15 is 0 Å². The number of halogens is 2. The molecule has 1 amide bonds. The molecule has 27 heavy (non-hydrogen) atoms. The summed E-state index contributed by atoms with van der Waals surface area (Å²) in [6.07, 6.45) is 2.39. The Hall–Kier alpha value is -2.55. The molecule has 5 nitrogen and oxygen atoms in total. The fourth-order valence-corrected chi connectivity index (χ4v) is 4.04. The first-order valence-electron chi connectivity index (χ1n) is 8.44. The van der Waals surface area contributed by atoms with Crippen LogP contribution in [0.2, 0.25) is 0 Å². The minimum Gasteiger partial charge on any atom is -0.383 e. The van der Waals surface area contributed by atoms with Crippen LogP contribution in [0, 0.1) is 16.4 Å². The molecule has 2 aromatic heterocycles. The Morgan fingerprint density at radius 2 is 1.96 bits per heavy atom. The zero-order valence-electron chi connectivity index (χ0n) is 14.5. The van der Waals surface area contributed by atoms with E-state index in [2.05, 4.69) is 37.9 Å². The molecule has 3 N–H and O–H groups in total. The first-order chi connectivity index (χ1) is 12.9. The van der Waals surface area contributed by atoms with Crippen LogP contribution in [0.4, 0.5) is 10.2 Å². The Kier molecular flexibility index (Phi) is 4.55. The molecule has 0 spiro atoms. The summed E-state index contributed by atoms with van der Waals surface area (Å²) in [4.78, 5) is 20.1. The van der Waals surface area contributed by atoms with Crippen molar-refractivity contribution in [1.82, 2.24) is 15.3 Å². The van der Waals surface area contributed by atoms with Crippen LogP contribution in [0.3, 0.4) is 0 Å². The number of anilines is 1. The number of nitrogens with one attached hydrogen (secondary N) is 1. The van der Waals surface area contributed by atoms with Crippen LogP contribution in [0.1, 0.15) is 21.6 Å². The van der Waals surface area contributed by atoms with Crippen LogP contribution in [0.25, 0.3) is 22.3 Å². The molecule has 0 saturated carbocycles. The molecule has 3 aromatic rings. The second kappa shape index (κ2) is 6.88. The lowest BCUT2D eigenvalue weighted by molar-refractivity contribution is 0.0946. The van der Waals surface area contributed by atoms with Crippen molar-refractivity contribution < 1.29 is 9.18 Å². The third-order valence-electron chi connectivity index (χ3n) is 4.62. The van der Waals surface area contributed by atoms with Crippen molar-refractivity contribution >= 4 is 34.3 Å². The highest BCUT2D eigenvalue weighted by atomic mass is 127. The van der Waals surface area contributed by atoms with E-state index in [4.69, 9.17) is 5.73 Å². The second-order valence-electron chi connectivity index (χ2n) is 6.44. The Morgan fingerprint density at radius 3 is 2.74 bits per heavy atom. The standard InChI is InChI=1S/C20H16FIN4O/c1-10-6-11(2-4-24-10)13-8-16(19(23)26-18(13)21)15-7-12-3-5-25-20(27)14(12)9-17(15)22/h2,4,6-9H,3,5H2,1H3,(H2,23,26)(H,25,27). The summed E-state index contributed by atoms with van der Waals surface area (Å²) in [5.41, 5.74) is 11.0. The SMILES string of the molecule is Cc1cc(-c2cc(-c3cc4c(cc3I)C(=O)NCC4)c(N)nc2F)ccn1. The van der Waals surface area contributed by atoms with Gasteiger partial charge in [-0.05, 0) is 83.0 Å². The monoisotopic (exact) mass is 474 g/mol. The topological polar surface area (TPSA) is 80.9 Å². The maximum atomic E-state index is 14.5. The van der Waals surface area contributed by atoms with Gasteiger partial charge in [0.2, 0.25) is 5.95 Å². The molecule has 0 bridgehead atoms. The number of nitrogens with zero attached hydrogens (tertiary/aromatic N) is 2. The number of rotatable bonds is 2. The summed E-state index contributed by atoms with van der Waals surface area (Å²) in [6, 6.07) is 9.08. The summed E-state index contributed by atoms with van der Waals surface area (Å²) < 4.78 is 15.4. The number of amides is 1. The number of carbonyl (C=O) groups excluding carboxylic acids is 1. The van der Waals surface area contributed by atoms with E-state index in [1.807, 2.05) is 25.1 Å². The first-order valence-corrected chi connectivity index (χ1v) is 9.52. The molecule has 0 radical (unpaired) electrons. The molecule has 0 atom stereocenters. The van der Waals surface area contributed by atoms with Crippen molar-refractivity contribution in [3.8, 4) is 22.3 Å². The lowest BCUT2D eigenvalue weighted by Gasteiger charge is -2.19. The number of hydrogen-bond acceptors (Lipinski definition) is 4. The molecular weight excluding hydrogens is 458 g/mol. The summed E-state index contributed by atoms with van der Waals surface area (Å²) in [6.45, 7) is 2.45. The van der Waals surface area contributed by atoms with Gasteiger partial charge in [0.15, 0.2) is 0 Å². The maximum absolute atomic E-state index is 14.5. The van der Waals surface area contributed by atoms with Crippen molar-refractivity contribution in [2.24, 2.45) is 0 Å². The van der Waals surface area contributed by atoms with Gasteiger partial charge in [-0.2, -0.15) is 4.39 Å². The highest BCUT2D eigenvalue weighted by Gasteiger charge is 2.21. The highest BCUT2D eigenvalue weighted by molar-refractivity contribution is 14.1. The number of benzene rings is 1. The van der Waals surface area contributed by atoms with E-state index in [0.29, 0.717) is 28.8 Å². The molecule has 3 heterocycles. The average molecular weight is 474 g/mol. The molecular formula is C20H16FIN4O. The van der Waals surface area contributed by atoms with Gasteiger partial charge in [-0.1, -0.05) is 0 Å². The van der Waals surface area contributed by atoms with Crippen LogP contribution in [0.5, 0.6) is 0 Å². The van der Waals surface area contributed by atoms with Gasteiger partial charge in [0.25, 0.3) is 5.91 Å². The molecule has 1 aliphatic rings. The van der Waals surface area contributed by atoms with Gasteiger partial charge in [0.1, 0.15) is 5.82 Å². The first kappa shape index (κ1) is 17.8. The summed E-state index contributed by atoms with van der Waals surface area (Å²) in [5, 5.41) is 2.84. The summed E-state index contributed by atoms with van der Waals surface area (Å²) in [7, 11) is 0. The van der Waals surface area contributed by atoms with Gasteiger partial charge in [-0.3, -0.25) is 9.78 Å². The molecule has 0 saturated heterocycles. The van der Waals surface area contributed by atoms with Gasteiger partial charge >= 0.3 is 0 Å². The normalized spacial score (nSPS) is 13.2. The minimum atomic E-state index is -0.616. The number of nitrogens with two attached hydrogens (primary N) is 1. The molecule has 1 aromatic carbocycles. The fourth-order valence-electron chi connectivity index (χ4n) is 3.28. The zero-order chi connectivity index (χ0) is 19.1. The average Bonchev–Trinajstić information content (AvgIpc) is 2.62. The molecule has 4 rings (SSSR count). The fraction of sp³-hybridized carbons (Fsp3) is 0.150. The maximum Gasteiger partial charge on any atom is 0.251 e. The zero-order valence-corrected chi connectivity index (χ0v) is 16.7. The van der Waals surface area contributed by atoms with Gasteiger partial charge < -0.3 is 11.1 Å².